The molecule has 2 rings (SSSR count). The Bertz CT molecular complexity index is 583. The number of ether oxygens (including phenoxy) is 2. The van der Waals surface area contributed by atoms with Gasteiger partial charge in [-0.1, -0.05) is 11.6 Å². The molecule has 0 aliphatic carbocycles. The Labute approximate surface area is 127 Å². The normalized spacial score (nSPS) is 12.8. The summed E-state index contributed by atoms with van der Waals surface area (Å²) in [5.74, 6) is 0.108. The van der Waals surface area contributed by atoms with Gasteiger partial charge in [-0.15, -0.1) is 0 Å². The van der Waals surface area contributed by atoms with E-state index >= 15 is 0 Å². The van der Waals surface area contributed by atoms with Gasteiger partial charge >= 0.3 is 5.97 Å². The van der Waals surface area contributed by atoms with Crippen LogP contribution in [0.25, 0.3) is 6.08 Å². The molecule has 6 heteroatoms. The van der Waals surface area contributed by atoms with Gasteiger partial charge in [-0.3, -0.25) is 9.59 Å². The minimum Gasteiger partial charge on any atom is -0.488 e. The first kappa shape index (κ1) is 15.4. The third-order valence-corrected chi connectivity index (χ3v) is 3.13. The second kappa shape index (κ2) is 7.13. The number of halogens is 1. The molecule has 1 aliphatic rings. The van der Waals surface area contributed by atoms with Gasteiger partial charge in [-0.25, -0.2) is 0 Å². The first-order valence-corrected chi connectivity index (χ1v) is 7.04. The predicted octanol–water partition coefficient (Wildman–Crippen LogP) is 2.19. The van der Waals surface area contributed by atoms with Crippen LogP contribution in [-0.4, -0.2) is 31.6 Å². The van der Waals surface area contributed by atoms with Gasteiger partial charge in [0.15, 0.2) is 0 Å². The zero-order valence-corrected chi connectivity index (χ0v) is 12.4. The van der Waals surface area contributed by atoms with Crippen LogP contribution in [0.5, 0.6) is 5.75 Å². The standard InChI is InChI=1S/C15H16ClNO4/c1-2-20-14(18)5-6-17-15(19)11-7-10-8-12(16)3-4-13(10)21-9-11/h3-4,7-8H,2,5-6,9H2,1H3,(H,17,19). The van der Waals surface area contributed by atoms with Gasteiger partial charge in [-0.2, -0.15) is 0 Å². The lowest BCUT2D eigenvalue weighted by Crippen LogP contribution is -2.30. The molecule has 112 valence electrons. The van der Waals surface area contributed by atoms with Gasteiger partial charge in [0.1, 0.15) is 12.4 Å². The second-order valence-electron chi connectivity index (χ2n) is 4.45. The van der Waals surface area contributed by atoms with Crippen LogP contribution in [0.2, 0.25) is 5.02 Å². The van der Waals surface area contributed by atoms with E-state index in [1.54, 1.807) is 31.2 Å². The van der Waals surface area contributed by atoms with E-state index in [1.807, 2.05) is 0 Å². The molecule has 0 saturated heterocycles. The van der Waals surface area contributed by atoms with E-state index in [0.29, 0.717) is 23.0 Å². The second-order valence-corrected chi connectivity index (χ2v) is 4.89. The largest absolute Gasteiger partial charge is 0.488 e. The molecule has 0 saturated carbocycles. The van der Waals surface area contributed by atoms with Crippen molar-refractivity contribution in [1.82, 2.24) is 5.32 Å². The van der Waals surface area contributed by atoms with E-state index in [-0.39, 0.29) is 31.4 Å². The molecule has 0 aromatic heterocycles. The predicted molar refractivity (Wildman–Crippen MR) is 79.2 cm³/mol. The average Bonchev–Trinajstić information content (AvgIpc) is 2.46. The molecule has 0 atom stereocenters. The van der Waals surface area contributed by atoms with Crippen molar-refractivity contribution in [3.63, 3.8) is 0 Å². The molecular formula is C15H16ClNO4. The summed E-state index contributed by atoms with van der Waals surface area (Å²) in [5.41, 5.74) is 1.26. The number of fused-ring (bicyclic) bond motifs is 1. The molecule has 0 unspecified atom stereocenters. The lowest BCUT2D eigenvalue weighted by atomic mass is 10.1. The van der Waals surface area contributed by atoms with E-state index in [1.165, 1.54) is 0 Å². The molecule has 1 aromatic carbocycles. The minimum absolute atomic E-state index is 0.149. The van der Waals surface area contributed by atoms with Crippen molar-refractivity contribution in [2.24, 2.45) is 0 Å². The van der Waals surface area contributed by atoms with Crippen LogP contribution in [-0.2, 0) is 14.3 Å². The van der Waals surface area contributed by atoms with Crippen molar-refractivity contribution in [2.75, 3.05) is 19.8 Å². The fourth-order valence-corrected chi connectivity index (χ4v) is 2.08. The van der Waals surface area contributed by atoms with Gasteiger partial charge in [0, 0.05) is 17.1 Å². The SMILES string of the molecule is CCOC(=O)CCNC(=O)C1=Cc2cc(Cl)ccc2OC1. The quantitative estimate of drug-likeness (QED) is 0.847. The Morgan fingerprint density at radius 2 is 2.24 bits per heavy atom. The van der Waals surface area contributed by atoms with Crippen molar-refractivity contribution in [1.29, 1.82) is 0 Å². The molecule has 0 fully saturated rings. The van der Waals surface area contributed by atoms with E-state index in [4.69, 9.17) is 21.1 Å². The highest BCUT2D eigenvalue weighted by Gasteiger charge is 2.17. The molecule has 1 aromatic rings. The Kier molecular flexibility index (Phi) is 5.22. The van der Waals surface area contributed by atoms with E-state index < -0.39 is 0 Å². The third-order valence-electron chi connectivity index (χ3n) is 2.90. The summed E-state index contributed by atoms with van der Waals surface area (Å²) >= 11 is 5.92. The number of esters is 1. The minimum atomic E-state index is -0.330. The maximum absolute atomic E-state index is 12.0. The lowest BCUT2D eigenvalue weighted by molar-refractivity contribution is -0.142. The number of hydrogen-bond donors (Lipinski definition) is 1. The lowest BCUT2D eigenvalue weighted by Gasteiger charge is -2.17. The molecule has 0 bridgehead atoms. The van der Waals surface area contributed by atoms with E-state index in [9.17, 15) is 9.59 Å². The molecule has 0 spiro atoms. The summed E-state index contributed by atoms with van der Waals surface area (Å²) in [7, 11) is 0. The Hall–Kier alpha value is -2.01. The number of benzene rings is 1. The van der Waals surface area contributed by atoms with Crippen LogP contribution in [0.3, 0.4) is 0 Å². The summed E-state index contributed by atoms with van der Waals surface area (Å²) < 4.78 is 10.3. The fourth-order valence-electron chi connectivity index (χ4n) is 1.90. The van der Waals surface area contributed by atoms with Crippen LogP contribution < -0.4 is 10.1 Å². The smallest absolute Gasteiger partial charge is 0.307 e. The highest BCUT2D eigenvalue weighted by Crippen LogP contribution is 2.28. The molecule has 0 radical (unpaired) electrons. The monoisotopic (exact) mass is 309 g/mol. The van der Waals surface area contributed by atoms with Crippen molar-refractivity contribution >= 4 is 29.6 Å². The van der Waals surface area contributed by atoms with Crippen LogP contribution in [0.1, 0.15) is 18.9 Å². The zero-order chi connectivity index (χ0) is 15.2. The van der Waals surface area contributed by atoms with Crippen LogP contribution in [0, 0.1) is 0 Å². The molecule has 5 nitrogen and oxygen atoms in total. The fraction of sp³-hybridized carbons (Fsp3) is 0.333. The van der Waals surface area contributed by atoms with Crippen molar-refractivity contribution < 1.29 is 19.1 Å². The van der Waals surface area contributed by atoms with Crippen LogP contribution in [0.4, 0.5) is 0 Å². The summed E-state index contributed by atoms with van der Waals surface area (Å²) in [5, 5.41) is 3.25. The van der Waals surface area contributed by atoms with E-state index in [0.717, 1.165) is 5.56 Å². The Balaban J connectivity index is 1.93. The third kappa shape index (κ3) is 4.23. The van der Waals surface area contributed by atoms with E-state index in [2.05, 4.69) is 5.32 Å². The van der Waals surface area contributed by atoms with Gasteiger partial charge in [0.2, 0.25) is 0 Å². The first-order valence-electron chi connectivity index (χ1n) is 6.67. The molecule has 1 aliphatic heterocycles. The Morgan fingerprint density at radius 3 is 3.00 bits per heavy atom. The van der Waals surface area contributed by atoms with Crippen molar-refractivity contribution in [2.45, 2.75) is 13.3 Å². The highest BCUT2D eigenvalue weighted by molar-refractivity contribution is 6.30. The molecular weight excluding hydrogens is 294 g/mol. The maximum Gasteiger partial charge on any atom is 0.307 e. The summed E-state index contributed by atoms with van der Waals surface area (Å²) in [6.45, 7) is 2.50. The Morgan fingerprint density at radius 1 is 1.43 bits per heavy atom. The zero-order valence-electron chi connectivity index (χ0n) is 11.6. The number of rotatable bonds is 5. The number of carbonyl (C=O) groups is 2. The number of amides is 1. The van der Waals surface area contributed by atoms with Gasteiger partial charge in [-0.05, 0) is 31.2 Å². The first-order chi connectivity index (χ1) is 10.1. The molecule has 1 N–H and O–H groups in total. The number of nitrogens with one attached hydrogen (secondary N) is 1. The van der Waals surface area contributed by atoms with Crippen LogP contribution in [0.15, 0.2) is 23.8 Å². The van der Waals surface area contributed by atoms with Crippen LogP contribution >= 0.6 is 11.6 Å². The highest BCUT2D eigenvalue weighted by atomic mass is 35.5. The summed E-state index contributed by atoms with van der Waals surface area (Å²) in [6.07, 6.45) is 1.89. The van der Waals surface area contributed by atoms with Gasteiger partial charge in [0.05, 0.1) is 18.6 Å². The number of carbonyl (C=O) groups excluding carboxylic acids is 2. The topological polar surface area (TPSA) is 64.6 Å². The van der Waals surface area contributed by atoms with Crippen molar-refractivity contribution in [3.05, 3.63) is 34.4 Å². The van der Waals surface area contributed by atoms with Gasteiger partial charge in [0.25, 0.3) is 5.91 Å². The van der Waals surface area contributed by atoms with Crippen molar-refractivity contribution in [3.8, 4) is 5.75 Å². The average molecular weight is 310 g/mol. The molecule has 1 amide bonds. The molecule has 1 heterocycles. The van der Waals surface area contributed by atoms with Gasteiger partial charge < -0.3 is 14.8 Å². The number of hydrogen-bond acceptors (Lipinski definition) is 4. The molecule has 21 heavy (non-hydrogen) atoms. The summed E-state index contributed by atoms with van der Waals surface area (Å²) in [6, 6.07) is 5.24. The summed E-state index contributed by atoms with van der Waals surface area (Å²) in [4.78, 5) is 23.2. The maximum atomic E-state index is 12.0.